The van der Waals surface area contributed by atoms with Crippen LogP contribution in [0.5, 0.6) is 0 Å². The van der Waals surface area contributed by atoms with Crippen LogP contribution < -0.4 is 5.19 Å². The maximum absolute atomic E-state index is 5.01. The van der Waals surface area contributed by atoms with E-state index in [1.54, 1.807) is 27.1 Å². The van der Waals surface area contributed by atoms with E-state index < -0.39 is 8.07 Å². The smallest absolute Gasteiger partial charge is 0.0946 e. The van der Waals surface area contributed by atoms with Crippen LogP contribution in [0.15, 0.2) is 262 Å². The van der Waals surface area contributed by atoms with Gasteiger partial charge in [-0.2, -0.15) is 0 Å². The summed E-state index contributed by atoms with van der Waals surface area (Å²) in [4.78, 5) is 0. The number of allylic oxidation sites excluding steroid dienone is 33. The van der Waals surface area contributed by atoms with Gasteiger partial charge in [0.1, 0.15) is 8.07 Å². The van der Waals surface area contributed by atoms with Crippen LogP contribution in [0, 0.1) is 40.9 Å². The number of benzene rings is 3. The fraction of sp³-hybridized carbons (Fsp3) is 0.219. The van der Waals surface area contributed by atoms with Crippen molar-refractivity contribution in [3.8, 4) is 0 Å². The van der Waals surface area contributed by atoms with Gasteiger partial charge < -0.3 is 0 Å². The zero-order valence-corrected chi connectivity index (χ0v) is 38.8. The summed E-state index contributed by atoms with van der Waals surface area (Å²) in [5, 5.41) is 5.94. The first-order valence-corrected chi connectivity index (χ1v) is 27.2. The Bertz CT molecular complexity index is 3200. The zero-order valence-electron chi connectivity index (χ0n) is 37.8. The predicted octanol–water partition coefficient (Wildman–Crippen LogP) is 15.1. The summed E-state index contributed by atoms with van der Waals surface area (Å²) in [6.07, 6.45) is 54.1. The summed E-state index contributed by atoms with van der Waals surface area (Å²) in [5.41, 5.74) is 18.6. The van der Waals surface area contributed by atoms with Gasteiger partial charge in [-0.25, -0.2) is 0 Å². The van der Waals surface area contributed by atoms with Gasteiger partial charge in [0.15, 0.2) is 0 Å². The number of hydrogen-bond donors (Lipinski definition) is 0. The Hall–Kier alpha value is -6.28. The molecule has 0 saturated carbocycles. The Labute approximate surface area is 386 Å². The van der Waals surface area contributed by atoms with Crippen LogP contribution in [-0.4, -0.2) is 8.07 Å². The third kappa shape index (κ3) is 5.87. The van der Waals surface area contributed by atoms with E-state index in [1.165, 1.54) is 66.5 Å². The molecule has 0 nitrogen and oxygen atoms in total. The molecule has 0 saturated heterocycles. The SMILES string of the molecule is C=C1C(C2C3CC=C(C4C=CC(c5ccc6ccccc6c5)=C5C=CC=CC54)C=C3C(C3=CCC4C=CC=CC4=C3)=C3C=C4C(CC32C)c2ccccc2[Si]4(C)C)=CC=C2C=CC=CC12. The Balaban J connectivity index is 1.01. The van der Waals surface area contributed by atoms with Crippen molar-refractivity contribution in [1.29, 1.82) is 0 Å². The number of hydrogen-bond acceptors (Lipinski definition) is 0. The lowest BCUT2D eigenvalue weighted by Gasteiger charge is -2.55. The molecule has 0 amide bonds. The first-order valence-electron chi connectivity index (χ1n) is 24.2. The van der Waals surface area contributed by atoms with Gasteiger partial charge in [-0.15, -0.1) is 0 Å². The van der Waals surface area contributed by atoms with Crippen molar-refractivity contribution in [2.75, 3.05) is 0 Å². The minimum Gasteiger partial charge on any atom is -0.0946 e. The lowest BCUT2D eigenvalue weighted by molar-refractivity contribution is 0.178. The largest absolute Gasteiger partial charge is 0.108 e. The molecule has 65 heavy (non-hydrogen) atoms. The van der Waals surface area contributed by atoms with Crippen molar-refractivity contribution < 1.29 is 0 Å². The second-order valence-electron chi connectivity index (χ2n) is 20.9. The first-order chi connectivity index (χ1) is 31.8. The molecule has 1 heteroatoms. The molecule has 9 aliphatic carbocycles. The van der Waals surface area contributed by atoms with Crippen LogP contribution in [-0.2, 0) is 0 Å². The molecule has 316 valence electrons. The van der Waals surface area contributed by atoms with Crippen molar-refractivity contribution in [3.63, 3.8) is 0 Å². The molecule has 1 aliphatic heterocycles. The van der Waals surface area contributed by atoms with E-state index in [0.717, 1.165) is 19.3 Å². The lowest BCUT2D eigenvalue weighted by atomic mass is 9.48. The summed E-state index contributed by atoms with van der Waals surface area (Å²) in [6.45, 7) is 12.9. The normalized spacial score (nSPS) is 31.9. The molecule has 0 spiro atoms. The molecule has 8 atom stereocenters. The minimum atomic E-state index is -1.94. The molecule has 3 aromatic carbocycles. The maximum Gasteiger partial charge on any atom is 0.108 e. The second-order valence-corrected chi connectivity index (χ2v) is 25.3. The highest BCUT2D eigenvalue weighted by molar-refractivity contribution is 6.97. The van der Waals surface area contributed by atoms with Crippen molar-refractivity contribution in [2.45, 2.75) is 45.2 Å². The highest BCUT2D eigenvalue weighted by Gasteiger charge is 2.57. The predicted molar refractivity (Wildman–Crippen MR) is 277 cm³/mol. The molecule has 0 radical (unpaired) electrons. The quantitative estimate of drug-likeness (QED) is 0.229. The Morgan fingerprint density at radius 1 is 0.662 bits per heavy atom. The van der Waals surface area contributed by atoms with Gasteiger partial charge in [-0.3, -0.25) is 0 Å². The van der Waals surface area contributed by atoms with Crippen molar-refractivity contribution in [2.24, 2.45) is 40.9 Å². The number of fused-ring (bicyclic) bond motifs is 9. The van der Waals surface area contributed by atoms with Crippen molar-refractivity contribution in [3.05, 3.63) is 273 Å². The van der Waals surface area contributed by atoms with Gasteiger partial charge in [0.05, 0.1) is 0 Å². The molecular weight excluding hydrogens is 797 g/mol. The fourth-order valence-corrected chi connectivity index (χ4v) is 17.5. The molecule has 0 N–H and O–H groups in total. The molecule has 0 fully saturated rings. The third-order valence-corrected chi connectivity index (χ3v) is 21.0. The summed E-state index contributed by atoms with van der Waals surface area (Å²) in [7, 11) is -1.94. The zero-order chi connectivity index (χ0) is 43.6. The highest BCUT2D eigenvalue weighted by Crippen LogP contribution is 2.66. The standard InChI is InChI=1S/C64H56Si/c1-40-49-20-10-9-17-43(49)29-31-50(40)63-56-32-30-47(52-34-33-51(53-21-11-12-22-54(52)53)46-27-25-41-15-5-7-18-44(41)35-46)37-57(56)62(48-28-26-42-16-6-8-19-45(42)36-48)59-38-61-58(39-64(59,63)2)55-23-13-14-24-60(55)65(61,3)4/h5-25,27-31,33-38,42,49,52,54,56,58,63H,1,26,32,39H2,2-4H3. The molecule has 13 rings (SSSR count). The Kier molecular flexibility index (Phi) is 8.79. The molecule has 8 unspecified atom stereocenters. The van der Waals surface area contributed by atoms with Crippen LogP contribution in [0.1, 0.15) is 43.2 Å². The van der Waals surface area contributed by atoms with E-state index in [9.17, 15) is 0 Å². The van der Waals surface area contributed by atoms with Crippen LogP contribution >= 0.6 is 0 Å². The maximum atomic E-state index is 5.01. The summed E-state index contributed by atoms with van der Waals surface area (Å²) < 4.78 is 0. The van der Waals surface area contributed by atoms with Crippen LogP contribution in [0.2, 0.25) is 13.1 Å². The Morgan fingerprint density at radius 3 is 2.37 bits per heavy atom. The number of rotatable bonds is 4. The van der Waals surface area contributed by atoms with E-state index in [2.05, 4.69) is 214 Å². The highest BCUT2D eigenvalue weighted by atomic mass is 28.3. The molecular formula is C64H56Si. The van der Waals surface area contributed by atoms with Crippen LogP contribution in [0.3, 0.4) is 0 Å². The first kappa shape index (κ1) is 39.1. The molecule has 0 bridgehead atoms. The second kappa shape index (κ2) is 14.6. The average Bonchev–Trinajstić information content (AvgIpc) is 3.56. The minimum absolute atomic E-state index is 0.113. The average molecular weight is 853 g/mol. The topological polar surface area (TPSA) is 0 Å². The van der Waals surface area contributed by atoms with Gasteiger partial charge in [0.25, 0.3) is 0 Å². The van der Waals surface area contributed by atoms with E-state index >= 15 is 0 Å². The summed E-state index contributed by atoms with van der Waals surface area (Å²) >= 11 is 0. The molecule has 0 aromatic heterocycles. The van der Waals surface area contributed by atoms with Crippen molar-refractivity contribution >= 4 is 29.6 Å². The van der Waals surface area contributed by atoms with Crippen LogP contribution in [0.4, 0.5) is 0 Å². The van der Waals surface area contributed by atoms with Gasteiger partial charge in [0, 0.05) is 40.9 Å². The summed E-state index contributed by atoms with van der Waals surface area (Å²) in [5.74, 6) is 2.22. The van der Waals surface area contributed by atoms with Crippen LogP contribution in [0.25, 0.3) is 16.3 Å². The van der Waals surface area contributed by atoms with Gasteiger partial charge in [0.2, 0.25) is 0 Å². The van der Waals surface area contributed by atoms with E-state index in [-0.39, 0.29) is 29.1 Å². The van der Waals surface area contributed by atoms with Gasteiger partial charge >= 0.3 is 0 Å². The van der Waals surface area contributed by atoms with Crippen molar-refractivity contribution in [1.82, 2.24) is 0 Å². The van der Waals surface area contributed by atoms with Gasteiger partial charge in [-0.05, 0) is 114 Å². The van der Waals surface area contributed by atoms with E-state index in [0.29, 0.717) is 17.8 Å². The lowest BCUT2D eigenvalue weighted by Crippen LogP contribution is -2.47. The van der Waals surface area contributed by atoms with E-state index in [1.807, 2.05) is 0 Å². The molecule has 10 aliphatic rings. The summed E-state index contributed by atoms with van der Waals surface area (Å²) in [6, 6.07) is 25.2. The molecule has 1 heterocycles. The van der Waals surface area contributed by atoms with E-state index in [4.69, 9.17) is 6.58 Å². The fourth-order valence-electron chi connectivity index (χ4n) is 14.1. The Morgan fingerprint density at radius 2 is 1.46 bits per heavy atom. The molecule has 3 aromatic rings. The van der Waals surface area contributed by atoms with Gasteiger partial charge in [-0.1, -0.05) is 225 Å². The monoisotopic (exact) mass is 852 g/mol. The third-order valence-electron chi connectivity index (χ3n) is 17.3.